The van der Waals surface area contributed by atoms with Crippen molar-refractivity contribution < 1.29 is 38.5 Å². The lowest BCUT2D eigenvalue weighted by Crippen LogP contribution is -2.57. The molecule has 1 aromatic carbocycles. The van der Waals surface area contributed by atoms with Crippen LogP contribution in [0.4, 0.5) is 0 Å². The van der Waals surface area contributed by atoms with Crippen molar-refractivity contribution in [1.82, 2.24) is 15.1 Å². The van der Waals surface area contributed by atoms with Crippen LogP contribution < -0.4 is 5.32 Å². The highest BCUT2D eigenvalue weighted by molar-refractivity contribution is 5.99. The van der Waals surface area contributed by atoms with Gasteiger partial charge >= 0.3 is 5.97 Å². The number of benzene rings is 1. The molecule has 4 aliphatic rings. The number of unbranched alkanes of at least 4 members (excludes halogenated alkanes) is 2. The van der Waals surface area contributed by atoms with E-state index in [4.69, 9.17) is 14.2 Å². The molecule has 2 saturated heterocycles. The van der Waals surface area contributed by atoms with Crippen molar-refractivity contribution in [2.45, 2.75) is 81.9 Å². The Labute approximate surface area is 264 Å². The first kappa shape index (κ1) is 32.8. The summed E-state index contributed by atoms with van der Waals surface area (Å²) in [7, 11) is 1.51. The lowest BCUT2D eigenvalue weighted by molar-refractivity contribution is -0.163. The lowest BCUT2D eigenvalue weighted by Gasteiger charge is -2.37. The maximum Gasteiger partial charge on any atom is 0.313 e. The minimum Gasteiger partial charge on any atom is -0.455 e. The van der Waals surface area contributed by atoms with Crippen LogP contribution in [0.2, 0.25) is 0 Å². The quantitative estimate of drug-likeness (QED) is 0.243. The average Bonchev–Trinajstić information content (AvgIpc) is 3.43. The zero-order valence-electron chi connectivity index (χ0n) is 26.3. The van der Waals surface area contributed by atoms with Gasteiger partial charge in [0.2, 0.25) is 17.7 Å². The first-order valence-electron chi connectivity index (χ1n) is 16.0. The number of methoxy groups -OCH3 is 1. The number of hydrogen-bond acceptors (Lipinski definition) is 8. The summed E-state index contributed by atoms with van der Waals surface area (Å²) < 4.78 is 18.4. The van der Waals surface area contributed by atoms with Crippen molar-refractivity contribution in [2.24, 2.45) is 11.8 Å². The Morgan fingerprint density at radius 3 is 2.60 bits per heavy atom. The van der Waals surface area contributed by atoms with Crippen LogP contribution in [0.3, 0.4) is 0 Å². The van der Waals surface area contributed by atoms with E-state index in [-0.39, 0.29) is 31.4 Å². The zero-order chi connectivity index (χ0) is 32.1. The van der Waals surface area contributed by atoms with Crippen molar-refractivity contribution in [3.63, 3.8) is 0 Å². The molecule has 5 rings (SSSR count). The van der Waals surface area contributed by atoms with Crippen molar-refractivity contribution in [3.8, 4) is 0 Å². The van der Waals surface area contributed by atoms with Gasteiger partial charge in [0, 0.05) is 26.6 Å². The Kier molecular flexibility index (Phi) is 10.4. The van der Waals surface area contributed by atoms with Crippen LogP contribution in [-0.2, 0) is 33.4 Å². The number of amides is 3. The summed E-state index contributed by atoms with van der Waals surface area (Å²) in [6.45, 7) is 4.39. The number of rotatable bonds is 9. The van der Waals surface area contributed by atoms with Gasteiger partial charge in [-0.05, 0) is 25.3 Å². The molecule has 4 aliphatic heterocycles. The third-order valence-electron chi connectivity index (χ3n) is 9.35. The zero-order valence-corrected chi connectivity index (χ0v) is 26.3. The highest BCUT2D eigenvalue weighted by Crippen LogP contribution is 2.53. The molecule has 8 atom stereocenters. The number of ether oxygens (including phenoxy) is 3. The number of fused-ring (bicyclic) bond motifs is 2. The fourth-order valence-corrected chi connectivity index (χ4v) is 7.19. The second-order valence-corrected chi connectivity index (χ2v) is 12.4. The molecule has 2 fully saturated rings. The molecular formula is C34H45N3O8. The van der Waals surface area contributed by atoms with E-state index in [1.54, 1.807) is 30.1 Å². The molecule has 2 N–H and O–H groups in total. The first-order valence-corrected chi connectivity index (χ1v) is 16.0. The van der Waals surface area contributed by atoms with Crippen LogP contribution in [0.1, 0.15) is 57.6 Å². The minimum atomic E-state index is -1.45. The van der Waals surface area contributed by atoms with E-state index in [1.165, 1.54) is 12.0 Å². The van der Waals surface area contributed by atoms with Gasteiger partial charge in [-0.15, -0.1) is 0 Å². The van der Waals surface area contributed by atoms with Gasteiger partial charge in [-0.2, -0.15) is 0 Å². The maximum absolute atomic E-state index is 14.4. The molecule has 0 saturated carbocycles. The van der Waals surface area contributed by atoms with E-state index in [0.29, 0.717) is 25.1 Å². The number of carbonyl (C=O) groups is 4. The number of esters is 1. The molecule has 0 aromatic heterocycles. The Bertz CT molecular complexity index is 1300. The third kappa shape index (κ3) is 6.30. The molecule has 11 heteroatoms. The second kappa shape index (κ2) is 14.3. The van der Waals surface area contributed by atoms with Gasteiger partial charge in [-0.1, -0.05) is 74.4 Å². The average molecular weight is 624 g/mol. The van der Waals surface area contributed by atoms with Crippen LogP contribution in [0.25, 0.3) is 0 Å². The van der Waals surface area contributed by atoms with E-state index < -0.39 is 59.6 Å². The number of nitrogens with zero attached hydrogens (tertiary/aromatic N) is 2. The predicted octanol–water partition coefficient (Wildman–Crippen LogP) is 2.30. The first-order chi connectivity index (χ1) is 21.8. The van der Waals surface area contributed by atoms with Crippen LogP contribution in [0.15, 0.2) is 54.6 Å². The SMILES string of the molecule is CCCCCN1CC=C[C@@]23O[C@H]4/C=C\CCC(=O)N[C@@H](COC)[C@H](c5ccccc5)OC(=O)[C@H]4[C@@H]2C(=O)N([C@H](C)CO)[C@H]3C1=O. The van der Waals surface area contributed by atoms with Crippen LogP contribution in [-0.4, -0.2) is 102 Å². The smallest absolute Gasteiger partial charge is 0.313 e. The molecule has 4 heterocycles. The summed E-state index contributed by atoms with van der Waals surface area (Å²) in [5.41, 5.74) is -0.789. The fraction of sp³-hybridized carbons (Fsp3) is 0.588. The highest BCUT2D eigenvalue weighted by atomic mass is 16.6. The van der Waals surface area contributed by atoms with E-state index in [0.717, 1.165) is 19.3 Å². The summed E-state index contributed by atoms with van der Waals surface area (Å²) in [6.07, 6.45) is 8.66. The number of carbonyl (C=O) groups excluding carboxylic acids is 4. The number of hydrogen-bond donors (Lipinski definition) is 2. The highest BCUT2D eigenvalue weighted by Gasteiger charge is 2.72. The number of cyclic esters (lactones) is 1. The van der Waals surface area contributed by atoms with E-state index in [2.05, 4.69) is 12.2 Å². The standard InChI is InChI=1S/C34H45N3O8/c1-4-5-11-18-36-19-12-17-34-28(31(40)37(22(2)20-38)30(34)32(36)41)27-25(45-34)15-9-10-16-26(39)35-24(21-43-3)29(44-33(27)42)23-13-7-6-8-14-23/h6-9,12-15,17,22,24-25,27-30,38H,4-5,10-11,16,18-21H2,1-3H3,(H,35,39)/b15-9-/t22-,24+,25+,27-,28-,29+,30+,34-/m1/s1. The minimum absolute atomic E-state index is 0.0836. The molecule has 0 bridgehead atoms. The monoisotopic (exact) mass is 623 g/mol. The number of nitrogens with one attached hydrogen (secondary N) is 1. The summed E-state index contributed by atoms with van der Waals surface area (Å²) >= 11 is 0. The summed E-state index contributed by atoms with van der Waals surface area (Å²) in [6, 6.07) is 6.66. The van der Waals surface area contributed by atoms with Crippen LogP contribution in [0.5, 0.6) is 0 Å². The lowest BCUT2D eigenvalue weighted by atomic mass is 9.77. The Balaban J connectivity index is 1.59. The number of aliphatic hydroxyl groups excluding tert-OH is 1. The Morgan fingerprint density at radius 2 is 1.89 bits per heavy atom. The van der Waals surface area contributed by atoms with Gasteiger partial charge in [-0.3, -0.25) is 19.2 Å². The Hall–Kier alpha value is -3.54. The molecule has 1 spiro atoms. The summed E-state index contributed by atoms with van der Waals surface area (Å²) in [5.74, 6) is -3.74. The van der Waals surface area contributed by atoms with Crippen molar-refractivity contribution in [1.29, 1.82) is 0 Å². The summed E-state index contributed by atoms with van der Waals surface area (Å²) in [5, 5.41) is 13.2. The van der Waals surface area contributed by atoms with Crippen molar-refractivity contribution in [2.75, 3.05) is 33.4 Å². The van der Waals surface area contributed by atoms with Crippen LogP contribution in [0, 0.1) is 11.8 Å². The van der Waals surface area contributed by atoms with Crippen molar-refractivity contribution >= 4 is 23.7 Å². The van der Waals surface area contributed by atoms with Gasteiger partial charge in [0.05, 0.1) is 37.3 Å². The molecule has 11 nitrogen and oxygen atoms in total. The van der Waals surface area contributed by atoms with Gasteiger partial charge in [0.25, 0.3) is 0 Å². The molecule has 0 aliphatic carbocycles. The van der Waals surface area contributed by atoms with E-state index >= 15 is 0 Å². The van der Waals surface area contributed by atoms with Gasteiger partial charge in [0.15, 0.2) is 0 Å². The van der Waals surface area contributed by atoms with E-state index in [1.807, 2.05) is 36.4 Å². The topological polar surface area (TPSA) is 135 Å². The third-order valence-corrected chi connectivity index (χ3v) is 9.35. The molecule has 3 amide bonds. The maximum atomic E-state index is 14.4. The number of likely N-dealkylation sites (tertiary alicyclic amines) is 1. The number of aliphatic hydroxyl groups is 1. The molecule has 244 valence electrons. The fourth-order valence-electron chi connectivity index (χ4n) is 7.19. The summed E-state index contributed by atoms with van der Waals surface area (Å²) in [4.78, 5) is 59.2. The molecular weight excluding hydrogens is 578 g/mol. The Morgan fingerprint density at radius 1 is 1.11 bits per heavy atom. The van der Waals surface area contributed by atoms with Gasteiger partial charge in [-0.25, -0.2) is 0 Å². The van der Waals surface area contributed by atoms with Gasteiger partial charge < -0.3 is 34.4 Å². The number of allylic oxidation sites excluding steroid dienone is 1. The van der Waals surface area contributed by atoms with Crippen molar-refractivity contribution in [3.05, 3.63) is 60.2 Å². The largest absolute Gasteiger partial charge is 0.455 e. The molecule has 45 heavy (non-hydrogen) atoms. The van der Waals surface area contributed by atoms with Crippen LogP contribution >= 0.6 is 0 Å². The predicted molar refractivity (Wildman–Crippen MR) is 164 cm³/mol. The second-order valence-electron chi connectivity index (χ2n) is 12.4. The van der Waals surface area contributed by atoms with Gasteiger partial charge in [0.1, 0.15) is 23.7 Å². The normalized spacial score (nSPS) is 33.2. The van der Waals surface area contributed by atoms with E-state index in [9.17, 15) is 24.3 Å². The molecule has 0 unspecified atom stereocenters. The molecule has 0 radical (unpaired) electrons. The molecule has 1 aromatic rings.